The smallest absolute Gasteiger partial charge is 0.293 e. The number of hydrogen-bond acceptors (Lipinski definition) is 6. The molecule has 0 aromatic heterocycles. The third kappa shape index (κ3) is 5.13. The molecule has 1 saturated heterocycles. The second-order valence-electron chi connectivity index (χ2n) is 7.39. The van der Waals surface area contributed by atoms with Crippen LogP contribution in [0.1, 0.15) is 21.5 Å². The molecule has 0 spiro atoms. The SMILES string of the molecule is COc1ccc(/C=C2\SC(=O)N(Cc3ccc(C(=O)Nc4ccccc4OC)cc3)C2=O)cc1. The highest BCUT2D eigenvalue weighted by atomic mass is 32.2. The van der Waals surface area contributed by atoms with E-state index in [1.807, 2.05) is 18.2 Å². The van der Waals surface area contributed by atoms with Crippen LogP contribution in [0.25, 0.3) is 6.08 Å². The summed E-state index contributed by atoms with van der Waals surface area (Å²) < 4.78 is 10.4. The molecule has 172 valence electrons. The number of carbonyl (C=O) groups excluding carboxylic acids is 3. The van der Waals surface area contributed by atoms with Crippen LogP contribution in [0.5, 0.6) is 11.5 Å². The number of nitrogens with zero attached hydrogens (tertiary/aromatic N) is 1. The van der Waals surface area contributed by atoms with Gasteiger partial charge in [-0.1, -0.05) is 36.4 Å². The van der Waals surface area contributed by atoms with Crippen molar-refractivity contribution < 1.29 is 23.9 Å². The van der Waals surface area contributed by atoms with Gasteiger partial charge in [-0.25, -0.2) is 0 Å². The summed E-state index contributed by atoms with van der Waals surface area (Å²) >= 11 is 0.910. The van der Waals surface area contributed by atoms with Gasteiger partial charge in [-0.2, -0.15) is 0 Å². The van der Waals surface area contributed by atoms with Crippen molar-refractivity contribution in [2.24, 2.45) is 0 Å². The standard InChI is InChI=1S/C26H22N2O5S/c1-32-20-13-9-17(10-14-20)15-23-25(30)28(26(31)34-23)16-18-7-11-19(12-8-18)24(29)27-21-5-3-4-6-22(21)33-2/h3-15H,16H2,1-2H3,(H,27,29)/b23-15-. The van der Waals surface area contributed by atoms with Crippen LogP contribution in [0.15, 0.2) is 77.7 Å². The number of amides is 3. The molecule has 1 aliphatic heterocycles. The summed E-state index contributed by atoms with van der Waals surface area (Å²) in [5, 5.41) is 2.49. The lowest BCUT2D eigenvalue weighted by Gasteiger charge is -2.13. The van der Waals surface area contributed by atoms with E-state index in [2.05, 4.69) is 5.32 Å². The second-order valence-corrected chi connectivity index (χ2v) is 8.39. The molecular weight excluding hydrogens is 452 g/mol. The van der Waals surface area contributed by atoms with Gasteiger partial charge in [0.15, 0.2) is 0 Å². The first-order valence-electron chi connectivity index (χ1n) is 10.4. The third-order valence-electron chi connectivity index (χ3n) is 5.20. The Bertz CT molecular complexity index is 1250. The molecule has 34 heavy (non-hydrogen) atoms. The lowest BCUT2D eigenvalue weighted by molar-refractivity contribution is -0.123. The monoisotopic (exact) mass is 474 g/mol. The van der Waals surface area contributed by atoms with E-state index in [0.717, 1.165) is 22.9 Å². The average Bonchev–Trinajstić information content (AvgIpc) is 3.12. The molecule has 3 amide bonds. The molecular formula is C26H22N2O5S. The van der Waals surface area contributed by atoms with E-state index in [1.54, 1.807) is 67.8 Å². The summed E-state index contributed by atoms with van der Waals surface area (Å²) in [5.74, 6) is 0.647. The number of nitrogens with one attached hydrogen (secondary N) is 1. The molecule has 7 nitrogen and oxygen atoms in total. The van der Waals surface area contributed by atoms with E-state index in [-0.39, 0.29) is 23.6 Å². The van der Waals surface area contributed by atoms with Gasteiger partial charge >= 0.3 is 0 Å². The van der Waals surface area contributed by atoms with Crippen LogP contribution < -0.4 is 14.8 Å². The number of carbonyl (C=O) groups is 3. The van der Waals surface area contributed by atoms with Crippen molar-refractivity contribution in [1.29, 1.82) is 0 Å². The van der Waals surface area contributed by atoms with Crippen LogP contribution in [-0.2, 0) is 11.3 Å². The molecule has 0 atom stereocenters. The number of ether oxygens (including phenoxy) is 2. The van der Waals surface area contributed by atoms with Crippen molar-refractivity contribution in [3.8, 4) is 11.5 Å². The Morgan fingerprint density at radius 3 is 2.32 bits per heavy atom. The van der Waals surface area contributed by atoms with E-state index < -0.39 is 0 Å². The van der Waals surface area contributed by atoms with Crippen molar-refractivity contribution in [2.75, 3.05) is 19.5 Å². The molecule has 0 saturated carbocycles. The molecule has 0 aliphatic carbocycles. The highest BCUT2D eigenvalue weighted by Gasteiger charge is 2.35. The Morgan fingerprint density at radius 2 is 1.65 bits per heavy atom. The van der Waals surface area contributed by atoms with Gasteiger partial charge in [-0.15, -0.1) is 0 Å². The van der Waals surface area contributed by atoms with Crippen LogP contribution >= 0.6 is 11.8 Å². The highest BCUT2D eigenvalue weighted by Crippen LogP contribution is 2.33. The molecule has 1 fully saturated rings. The zero-order valence-corrected chi connectivity index (χ0v) is 19.4. The minimum Gasteiger partial charge on any atom is -0.497 e. The van der Waals surface area contributed by atoms with E-state index in [9.17, 15) is 14.4 Å². The summed E-state index contributed by atoms with van der Waals surface area (Å²) in [6.45, 7) is 0.124. The quantitative estimate of drug-likeness (QED) is 0.474. The Balaban J connectivity index is 1.42. The first kappa shape index (κ1) is 23.1. The minimum absolute atomic E-state index is 0.124. The molecule has 1 aliphatic rings. The van der Waals surface area contributed by atoms with Crippen LogP contribution in [0.4, 0.5) is 10.5 Å². The topological polar surface area (TPSA) is 84.9 Å². The van der Waals surface area contributed by atoms with Gasteiger partial charge in [0.25, 0.3) is 17.1 Å². The number of anilines is 1. The Kier molecular flexibility index (Phi) is 6.98. The first-order valence-corrected chi connectivity index (χ1v) is 11.2. The highest BCUT2D eigenvalue weighted by molar-refractivity contribution is 8.18. The van der Waals surface area contributed by atoms with Gasteiger partial charge in [-0.05, 0) is 65.4 Å². The second kappa shape index (κ2) is 10.3. The van der Waals surface area contributed by atoms with Gasteiger partial charge in [0, 0.05) is 5.56 Å². The molecule has 0 radical (unpaired) electrons. The van der Waals surface area contributed by atoms with Gasteiger partial charge in [0.2, 0.25) is 0 Å². The lowest BCUT2D eigenvalue weighted by atomic mass is 10.1. The molecule has 4 rings (SSSR count). The summed E-state index contributed by atoms with van der Waals surface area (Å²) in [7, 11) is 3.12. The molecule has 1 heterocycles. The normalized spacial score (nSPS) is 14.4. The van der Waals surface area contributed by atoms with E-state index in [1.165, 1.54) is 12.0 Å². The van der Waals surface area contributed by atoms with Crippen LogP contribution in [0, 0.1) is 0 Å². The van der Waals surface area contributed by atoms with Crippen LogP contribution in [-0.4, -0.2) is 36.2 Å². The molecule has 3 aromatic rings. The van der Waals surface area contributed by atoms with Gasteiger partial charge in [0.05, 0.1) is 31.4 Å². The fourth-order valence-corrected chi connectivity index (χ4v) is 4.21. The maximum absolute atomic E-state index is 12.8. The molecule has 3 aromatic carbocycles. The molecule has 8 heteroatoms. The molecule has 0 unspecified atom stereocenters. The third-order valence-corrected chi connectivity index (χ3v) is 6.11. The maximum atomic E-state index is 12.8. The average molecular weight is 475 g/mol. The van der Waals surface area contributed by atoms with Gasteiger partial charge in [-0.3, -0.25) is 19.3 Å². The zero-order valence-electron chi connectivity index (χ0n) is 18.6. The van der Waals surface area contributed by atoms with Crippen molar-refractivity contribution in [3.63, 3.8) is 0 Å². The van der Waals surface area contributed by atoms with E-state index >= 15 is 0 Å². The summed E-state index contributed by atoms with van der Waals surface area (Å²) in [4.78, 5) is 39.4. The Hall–Kier alpha value is -4.04. The maximum Gasteiger partial charge on any atom is 0.293 e. The Labute approximate surface area is 201 Å². The summed E-state index contributed by atoms with van der Waals surface area (Å²) in [6, 6.07) is 21.1. The van der Waals surface area contributed by atoms with Crippen molar-refractivity contribution in [3.05, 3.63) is 94.4 Å². The number of benzene rings is 3. The van der Waals surface area contributed by atoms with Crippen molar-refractivity contribution >= 4 is 40.6 Å². The number of rotatable bonds is 7. The Morgan fingerprint density at radius 1 is 0.941 bits per heavy atom. The first-order chi connectivity index (χ1) is 16.5. The molecule has 0 bridgehead atoms. The predicted octanol–water partition coefficient (Wildman–Crippen LogP) is 5.19. The summed E-state index contributed by atoms with van der Waals surface area (Å²) in [5.41, 5.74) is 2.56. The number of thioether (sulfide) groups is 1. The zero-order chi connectivity index (χ0) is 24.1. The lowest BCUT2D eigenvalue weighted by Crippen LogP contribution is -2.27. The van der Waals surface area contributed by atoms with Gasteiger partial charge in [0.1, 0.15) is 11.5 Å². The summed E-state index contributed by atoms with van der Waals surface area (Å²) in [6.07, 6.45) is 1.69. The number of imide groups is 1. The van der Waals surface area contributed by atoms with Crippen molar-refractivity contribution in [1.82, 2.24) is 4.90 Å². The van der Waals surface area contributed by atoms with Crippen LogP contribution in [0.2, 0.25) is 0 Å². The van der Waals surface area contributed by atoms with E-state index in [4.69, 9.17) is 9.47 Å². The van der Waals surface area contributed by atoms with Crippen LogP contribution in [0.3, 0.4) is 0 Å². The van der Waals surface area contributed by atoms with Gasteiger partial charge < -0.3 is 14.8 Å². The number of hydrogen-bond donors (Lipinski definition) is 1. The molecule has 1 N–H and O–H groups in total. The number of para-hydroxylation sites is 2. The largest absolute Gasteiger partial charge is 0.497 e. The van der Waals surface area contributed by atoms with E-state index in [0.29, 0.717) is 27.7 Å². The fraction of sp³-hybridized carbons (Fsp3) is 0.115. The number of methoxy groups -OCH3 is 2. The fourth-order valence-electron chi connectivity index (χ4n) is 3.37. The van der Waals surface area contributed by atoms with Crippen molar-refractivity contribution in [2.45, 2.75) is 6.54 Å². The predicted molar refractivity (Wildman–Crippen MR) is 132 cm³/mol. The minimum atomic E-state index is -0.344.